The highest BCUT2D eigenvalue weighted by Crippen LogP contribution is 2.40. The van der Waals surface area contributed by atoms with E-state index in [0.29, 0.717) is 15.6 Å². The summed E-state index contributed by atoms with van der Waals surface area (Å²) in [5.41, 5.74) is 0.486. The molecule has 0 saturated carbocycles. The lowest BCUT2D eigenvalue weighted by molar-refractivity contribution is -0.135. The molecular weight excluding hydrogens is 349 g/mol. The minimum atomic E-state index is -0.671. The zero-order valence-corrected chi connectivity index (χ0v) is 14.2. The van der Waals surface area contributed by atoms with Gasteiger partial charge in [-0.2, -0.15) is 0 Å². The van der Waals surface area contributed by atoms with E-state index >= 15 is 0 Å². The third-order valence-electron chi connectivity index (χ3n) is 3.15. The van der Waals surface area contributed by atoms with Crippen LogP contribution in [0, 0.1) is 5.82 Å². The van der Waals surface area contributed by atoms with Crippen molar-refractivity contribution < 1.29 is 19.0 Å². The van der Waals surface area contributed by atoms with Crippen LogP contribution in [0.1, 0.15) is 4.88 Å². The molecule has 0 saturated heterocycles. The van der Waals surface area contributed by atoms with E-state index in [0.717, 1.165) is 4.88 Å². The van der Waals surface area contributed by atoms with Crippen molar-refractivity contribution in [3.8, 4) is 0 Å². The van der Waals surface area contributed by atoms with Gasteiger partial charge in [-0.15, -0.1) is 11.3 Å². The van der Waals surface area contributed by atoms with Gasteiger partial charge in [0.1, 0.15) is 22.2 Å². The van der Waals surface area contributed by atoms with Crippen molar-refractivity contribution in [3.63, 3.8) is 0 Å². The van der Waals surface area contributed by atoms with Crippen LogP contribution in [0.15, 0.2) is 63.0 Å². The second kappa shape index (κ2) is 7.02. The fraction of sp³-hybridized carbons (Fsp3) is 0.0588. The van der Waals surface area contributed by atoms with Crippen molar-refractivity contribution in [2.45, 2.75) is 0 Å². The molecule has 0 spiro atoms. The number of ether oxygens (including phenoxy) is 1. The Bertz CT molecular complexity index is 852. The van der Waals surface area contributed by atoms with E-state index in [9.17, 15) is 14.3 Å². The van der Waals surface area contributed by atoms with Gasteiger partial charge in [-0.3, -0.25) is 0 Å². The molecule has 3 rings (SSSR count). The number of hydrogen-bond donors (Lipinski definition) is 1. The van der Waals surface area contributed by atoms with Crippen LogP contribution < -0.4 is 0 Å². The van der Waals surface area contributed by atoms with Gasteiger partial charge < -0.3 is 9.84 Å². The number of carbonyl (C=O) groups excluding carboxylic acids is 1. The Kier molecular flexibility index (Phi) is 4.82. The SMILES string of the molecule is COC(=O)C1=C(O)C(=Cc2cccs2)SC1=Nc1ccc(F)cc1. The van der Waals surface area contributed by atoms with Crippen LogP contribution in [-0.2, 0) is 9.53 Å². The number of methoxy groups -OCH3 is 1. The van der Waals surface area contributed by atoms with Crippen LogP contribution >= 0.6 is 23.1 Å². The number of esters is 1. The number of aliphatic imine (C=N–C) groups is 1. The zero-order chi connectivity index (χ0) is 17.1. The van der Waals surface area contributed by atoms with Crippen LogP contribution in [0.5, 0.6) is 0 Å². The van der Waals surface area contributed by atoms with E-state index in [4.69, 9.17) is 4.74 Å². The van der Waals surface area contributed by atoms with E-state index in [1.165, 1.54) is 54.5 Å². The zero-order valence-electron chi connectivity index (χ0n) is 12.5. The Labute approximate surface area is 146 Å². The minimum absolute atomic E-state index is 0.00892. The molecule has 0 fully saturated rings. The smallest absolute Gasteiger partial charge is 0.344 e. The molecule has 0 unspecified atom stereocenters. The van der Waals surface area contributed by atoms with Crippen LogP contribution in [0.3, 0.4) is 0 Å². The molecule has 122 valence electrons. The predicted molar refractivity (Wildman–Crippen MR) is 95.1 cm³/mol. The van der Waals surface area contributed by atoms with Crippen LogP contribution in [-0.4, -0.2) is 23.2 Å². The summed E-state index contributed by atoms with van der Waals surface area (Å²) in [6.07, 6.45) is 1.78. The van der Waals surface area contributed by atoms with Crippen molar-refractivity contribution >= 4 is 45.9 Å². The largest absolute Gasteiger partial charge is 0.506 e. The number of carbonyl (C=O) groups is 1. The van der Waals surface area contributed by atoms with Gasteiger partial charge in [0.2, 0.25) is 0 Å². The summed E-state index contributed by atoms with van der Waals surface area (Å²) < 4.78 is 17.8. The molecule has 0 bridgehead atoms. The van der Waals surface area contributed by atoms with Crippen LogP contribution in [0.25, 0.3) is 6.08 Å². The molecule has 0 radical (unpaired) electrons. The highest BCUT2D eigenvalue weighted by Gasteiger charge is 2.33. The number of halogens is 1. The van der Waals surface area contributed by atoms with Gasteiger partial charge in [0.25, 0.3) is 0 Å². The lowest BCUT2D eigenvalue weighted by Crippen LogP contribution is -2.10. The highest BCUT2D eigenvalue weighted by molar-refractivity contribution is 8.18. The Balaban J connectivity index is 2.03. The average Bonchev–Trinajstić information content (AvgIpc) is 3.18. The van der Waals surface area contributed by atoms with Crippen molar-refractivity contribution in [2.24, 2.45) is 4.99 Å². The topological polar surface area (TPSA) is 58.9 Å². The molecule has 24 heavy (non-hydrogen) atoms. The van der Waals surface area contributed by atoms with Gasteiger partial charge in [-0.25, -0.2) is 14.2 Å². The quantitative estimate of drug-likeness (QED) is 0.806. The second-order valence-corrected chi connectivity index (χ2v) is 6.74. The van der Waals surface area contributed by atoms with E-state index < -0.39 is 5.97 Å². The molecule has 2 heterocycles. The molecule has 4 nitrogen and oxygen atoms in total. The number of aliphatic hydroxyl groups is 1. The molecule has 1 aliphatic rings. The first-order chi connectivity index (χ1) is 11.6. The Morgan fingerprint density at radius 3 is 2.67 bits per heavy atom. The normalized spacial score (nSPS) is 17.8. The molecule has 7 heteroatoms. The van der Waals surface area contributed by atoms with Crippen LogP contribution in [0.4, 0.5) is 10.1 Å². The Hall–Kier alpha value is -2.38. The Morgan fingerprint density at radius 2 is 2.04 bits per heavy atom. The van der Waals surface area contributed by atoms with Gasteiger partial charge in [-0.1, -0.05) is 17.8 Å². The summed E-state index contributed by atoms with van der Waals surface area (Å²) in [5, 5.41) is 12.6. The van der Waals surface area contributed by atoms with Gasteiger partial charge in [-0.05, 0) is 41.8 Å². The molecule has 0 aliphatic carbocycles. The van der Waals surface area contributed by atoms with Crippen molar-refractivity contribution in [1.82, 2.24) is 0 Å². The summed E-state index contributed by atoms with van der Waals surface area (Å²) in [4.78, 5) is 17.8. The number of benzene rings is 1. The van der Waals surface area contributed by atoms with Gasteiger partial charge >= 0.3 is 5.97 Å². The van der Waals surface area contributed by atoms with Gasteiger partial charge in [0, 0.05) is 4.88 Å². The fourth-order valence-corrected chi connectivity index (χ4v) is 3.78. The third kappa shape index (κ3) is 3.42. The van der Waals surface area contributed by atoms with Gasteiger partial charge in [0.15, 0.2) is 0 Å². The first-order valence-corrected chi connectivity index (χ1v) is 8.57. The highest BCUT2D eigenvalue weighted by atomic mass is 32.2. The van der Waals surface area contributed by atoms with Crippen molar-refractivity contribution in [2.75, 3.05) is 7.11 Å². The first kappa shape index (κ1) is 16.5. The summed E-state index contributed by atoms with van der Waals surface area (Å²) in [5.74, 6) is -1.21. The summed E-state index contributed by atoms with van der Waals surface area (Å²) in [7, 11) is 1.24. The number of rotatable bonds is 3. The standard InChI is InChI=1S/C17H12FNO3S2/c1-22-17(21)14-15(20)13(9-12-3-2-8-23-12)24-16(14)19-11-6-4-10(18)5-7-11/h2-9,20H,1H3. The number of thiophene rings is 1. The third-order valence-corrected chi connectivity index (χ3v) is 4.99. The maximum atomic E-state index is 13.0. The van der Waals surface area contributed by atoms with Gasteiger partial charge in [0.05, 0.1) is 17.7 Å². The van der Waals surface area contributed by atoms with E-state index in [2.05, 4.69) is 4.99 Å². The maximum absolute atomic E-state index is 13.0. The molecule has 1 aromatic heterocycles. The van der Waals surface area contributed by atoms with Crippen molar-refractivity contribution in [1.29, 1.82) is 0 Å². The van der Waals surface area contributed by atoms with E-state index in [1.54, 1.807) is 6.08 Å². The number of hydrogen-bond acceptors (Lipinski definition) is 6. The summed E-state index contributed by atoms with van der Waals surface area (Å²) in [6, 6.07) is 9.35. The molecule has 1 aliphatic heterocycles. The minimum Gasteiger partial charge on any atom is -0.506 e. The molecule has 0 atom stereocenters. The molecule has 2 aromatic rings. The van der Waals surface area contributed by atoms with Crippen LogP contribution in [0.2, 0.25) is 0 Å². The maximum Gasteiger partial charge on any atom is 0.344 e. The fourth-order valence-electron chi connectivity index (χ4n) is 2.03. The number of thioether (sulfide) groups is 1. The molecular formula is C17H12FNO3S2. The van der Waals surface area contributed by atoms with Crippen molar-refractivity contribution in [3.05, 3.63) is 68.7 Å². The second-order valence-electron chi connectivity index (χ2n) is 4.73. The van der Waals surface area contributed by atoms with E-state index in [1.807, 2.05) is 17.5 Å². The lowest BCUT2D eigenvalue weighted by Gasteiger charge is -2.01. The first-order valence-electron chi connectivity index (χ1n) is 6.88. The predicted octanol–water partition coefficient (Wildman–Crippen LogP) is 4.69. The lowest BCUT2D eigenvalue weighted by atomic mass is 10.2. The Morgan fingerprint density at radius 1 is 1.29 bits per heavy atom. The average molecular weight is 361 g/mol. The summed E-state index contributed by atoms with van der Waals surface area (Å²) >= 11 is 2.68. The number of aliphatic hydroxyl groups excluding tert-OH is 1. The molecule has 0 amide bonds. The summed E-state index contributed by atoms with van der Waals surface area (Å²) in [6.45, 7) is 0. The van der Waals surface area contributed by atoms with E-state index in [-0.39, 0.29) is 17.1 Å². The number of nitrogens with zero attached hydrogens (tertiary/aromatic N) is 1. The monoisotopic (exact) mass is 361 g/mol. The molecule has 1 aromatic carbocycles. The molecule has 1 N–H and O–H groups in total.